The molecule has 0 aromatic heterocycles. The molecule has 2 aromatic rings. The van der Waals surface area contributed by atoms with Gasteiger partial charge in [0.25, 0.3) is 0 Å². The molecule has 0 radical (unpaired) electrons. The second kappa shape index (κ2) is 12.2. The van der Waals surface area contributed by atoms with E-state index in [1.807, 2.05) is 6.07 Å². The summed E-state index contributed by atoms with van der Waals surface area (Å²) in [4.78, 5) is 11.9. The van der Waals surface area contributed by atoms with Gasteiger partial charge < -0.3 is 17.7 Å². The number of rotatable bonds is 12. The van der Waals surface area contributed by atoms with Crippen molar-refractivity contribution in [2.24, 2.45) is 0 Å². The number of esters is 1. The highest BCUT2D eigenvalue weighted by molar-refractivity contribution is 6.84. The summed E-state index contributed by atoms with van der Waals surface area (Å²) in [5, 5.41) is 0. The van der Waals surface area contributed by atoms with E-state index < -0.39 is 33.3 Å². The minimum atomic E-state index is -2.05. The van der Waals surface area contributed by atoms with Crippen molar-refractivity contribution < 1.29 is 22.5 Å². The summed E-state index contributed by atoms with van der Waals surface area (Å²) < 4.78 is 24.7. The lowest BCUT2D eigenvalue weighted by atomic mass is 9.76. The van der Waals surface area contributed by atoms with Crippen LogP contribution in [0.15, 0.2) is 36.4 Å². The summed E-state index contributed by atoms with van der Waals surface area (Å²) in [6.45, 7) is 28.7. The van der Waals surface area contributed by atoms with Crippen LogP contribution in [0.5, 0.6) is 11.5 Å². The monoisotopic (exact) mass is 604 g/mol. The van der Waals surface area contributed by atoms with Crippen molar-refractivity contribution in [3.63, 3.8) is 0 Å². The van der Waals surface area contributed by atoms with E-state index in [4.69, 9.17) is 17.7 Å². The number of ether oxygens (including phenoxy) is 2. The van der Waals surface area contributed by atoms with Gasteiger partial charge in [0.2, 0.25) is 0 Å². The molecule has 5 nitrogen and oxygen atoms in total. The van der Waals surface area contributed by atoms with Gasteiger partial charge in [0.1, 0.15) is 11.5 Å². The third-order valence-electron chi connectivity index (χ3n) is 6.42. The molecule has 2 aromatic carbocycles. The summed E-state index contributed by atoms with van der Waals surface area (Å²) in [6.07, 6.45) is 0. The van der Waals surface area contributed by atoms with E-state index in [-0.39, 0.29) is 11.4 Å². The fourth-order valence-corrected chi connectivity index (χ4v) is 21.9. The molecule has 0 bridgehead atoms. The molecule has 0 atom stereocenters. The highest BCUT2D eigenvalue weighted by Gasteiger charge is 2.35. The predicted molar refractivity (Wildman–Crippen MR) is 174 cm³/mol. The van der Waals surface area contributed by atoms with Gasteiger partial charge in [-0.3, -0.25) is 4.79 Å². The zero-order chi connectivity index (χ0) is 30.0. The van der Waals surface area contributed by atoms with E-state index in [1.54, 1.807) is 7.11 Å². The number of methoxy groups -OCH3 is 1. The van der Waals surface area contributed by atoms with Crippen LogP contribution < -0.4 is 9.47 Å². The van der Waals surface area contributed by atoms with Crippen LogP contribution in [0, 0.1) is 0 Å². The molecule has 218 valence electrons. The van der Waals surface area contributed by atoms with Crippen molar-refractivity contribution in [1.29, 1.82) is 0 Å². The quantitative estimate of drug-likeness (QED) is 0.139. The largest absolute Gasteiger partial charge is 0.497 e. The lowest BCUT2D eigenvalue weighted by Crippen LogP contribution is -2.44. The highest BCUT2D eigenvalue weighted by atomic mass is 28.4. The first kappa shape index (κ1) is 33.7. The molecule has 0 amide bonds. The first-order valence-electron chi connectivity index (χ1n) is 13.9. The van der Waals surface area contributed by atoms with Gasteiger partial charge in [0.15, 0.2) is 33.3 Å². The Hall–Kier alpha value is -1.50. The normalized spacial score (nSPS) is 13.4. The molecular formula is C30H52O5Si4. The molecule has 0 spiro atoms. The Labute approximate surface area is 242 Å². The SMILES string of the molecule is COc1ccc(C(C)(C)c2ccc(OC(C)=O)c(C[Si](C)(C)O[Si](C)(C)C)c2)c(C[Si](C)(C)O[Si](C)(C)C)c1. The predicted octanol–water partition coefficient (Wildman–Crippen LogP) is 8.22. The van der Waals surface area contributed by atoms with Crippen molar-refractivity contribution in [3.8, 4) is 11.5 Å². The number of carbonyl (C=O) groups excluding carboxylic acids is 1. The molecule has 0 saturated heterocycles. The zero-order valence-corrected chi connectivity index (χ0v) is 30.9. The molecule has 0 saturated carbocycles. The molecule has 0 N–H and O–H groups in total. The van der Waals surface area contributed by atoms with E-state index in [2.05, 4.69) is 110 Å². The number of carbonyl (C=O) groups is 1. The second-order valence-electron chi connectivity index (χ2n) is 14.4. The number of hydrogen-bond acceptors (Lipinski definition) is 5. The van der Waals surface area contributed by atoms with Crippen LogP contribution in [0.1, 0.15) is 43.0 Å². The Balaban J connectivity index is 2.62. The summed E-state index contributed by atoms with van der Waals surface area (Å²) in [5.41, 5.74) is 4.47. The van der Waals surface area contributed by atoms with Gasteiger partial charge in [-0.25, -0.2) is 0 Å². The smallest absolute Gasteiger partial charge is 0.308 e. The topological polar surface area (TPSA) is 54.0 Å². The Morgan fingerprint density at radius 2 is 1.26 bits per heavy atom. The summed E-state index contributed by atoms with van der Waals surface area (Å²) in [6, 6.07) is 14.4. The zero-order valence-electron chi connectivity index (χ0n) is 26.9. The molecule has 0 aliphatic carbocycles. The minimum absolute atomic E-state index is 0.292. The Morgan fingerprint density at radius 3 is 1.72 bits per heavy atom. The van der Waals surface area contributed by atoms with Gasteiger partial charge in [-0.15, -0.1) is 0 Å². The Morgan fingerprint density at radius 1 is 0.744 bits per heavy atom. The number of benzene rings is 2. The third kappa shape index (κ3) is 10.4. The maximum absolute atomic E-state index is 11.9. The van der Waals surface area contributed by atoms with Gasteiger partial charge in [-0.05, 0) is 118 Å². The van der Waals surface area contributed by atoms with Crippen molar-refractivity contribution >= 4 is 39.2 Å². The second-order valence-corrected chi connectivity index (χ2v) is 32.2. The average Bonchev–Trinajstić information content (AvgIpc) is 2.70. The van der Waals surface area contributed by atoms with Gasteiger partial charge >= 0.3 is 5.97 Å². The average molecular weight is 605 g/mol. The van der Waals surface area contributed by atoms with E-state index in [0.717, 1.165) is 23.4 Å². The maximum atomic E-state index is 11.9. The Bertz CT molecular complexity index is 1160. The van der Waals surface area contributed by atoms with Gasteiger partial charge in [0.05, 0.1) is 7.11 Å². The lowest BCUT2D eigenvalue weighted by molar-refractivity contribution is -0.131. The molecule has 0 aliphatic heterocycles. The van der Waals surface area contributed by atoms with Crippen molar-refractivity contribution in [1.82, 2.24) is 0 Å². The molecular weight excluding hydrogens is 553 g/mol. The minimum Gasteiger partial charge on any atom is -0.497 e. The van der Waals surface area contributed by atoms with E-state index in [0.29, 0.717) is 5.75 Å². The molecule has 0 aliphatic rings. The maximum Gasteiger partial charge on any atom is 0.308 e. The summed E-state index contributed by atoms with van der Waals surface area (Å²) >= 11 is 0. The van der Waals surface area contributed by atoms with Crippen LogP contribution in [0.4, 0.5) is 0 Å². The van der Waals surface area contributed by atoms with Crippen molar-refractivity contribution in [2.75, 3.05) is 7.11 Å². The molecule has 0 fully saturated rings. The van der Waals surface area contributed by atoms with E-state index in [9.17, 15) is 4.79 Å². The van der Waals surface area contributed by atoms with Gasteiger partial charge in [-0.1, -0.05) is 32.0 Å². The first-order chi connectivity index (χ1) is 17.5. The Kier molecular flexibility index (Phi) is 10.5. The standard InChI is InChI=1S/C30H52O5Si4/c1-23(31)33-29-18-15-26(19-25(29)22-39(13,14)35-37(8,9)10)30(2,3)28-17-16-27(32-4)20-24(28)21-38(11,12)34-36(5,6)7/h15-20H,21-22H2,1-14H3. The fourth-order valence-electron chi connectivity index (χ4n) is 5.62. The van der Waals surface area contributed by atoms with Crippen LogP contribution in [0.2, 0.25) is 65.5 Å². The molecule has 0 heterocycles. The van der Waals surface area contributed by atoms with Crippen LogP contribution >= 0.6 is 0 Å². The molecule has 0 unspecified atom stereocenters. The van der Waals surface area contributed by atoms with Crippen molar-refractivity contribution in [3.05, 3.63) is 58.7 Å². The van der Waals surface area contributed by atoms with Gasteiger partial charge in [-0.2, -0.15) is 0 Å². The highest BCUT2D eigenvalue weighted by Crippen LogP contribution is 2.39. The van der Waals surface area contributed by atoms with Crippen LogP contribution in [-0.2, 0) is 30.5 Å². The fraction of sp³-hybridized carbons (Fsp3) is 0.567. The van der Waals surface area contributed by atoms with Crippen molar-refractivity contribution in [2.45, 2.75) is 104 Å². The number of hydrogen-bond donors (Lipinski definition) is 0. The van der Waals surface area contributed by atoms with E-state index in [1.165, 1.54) is 23.6 Å². The molecule has 2 rings (SSSR count). The molecule has 39 heavy (non-hydrogen) atoms. The summed E-state index contributed by atoms with van der Waals surface area (Å²) in [5.74, 6) is 1.19. The summed E-state index contributed by atoms with van der Waals surface area (Å²) in [7, 11) is -5.71. The first-order valence-corrected chi connectivity index (χ1v) is 27.0. The lowest BCUT2D eigenvalue weighted by Gasteiger charge is -2.35. The third-order valence-corrected chi connectivity index (χ3v) is 18.2. The van der Waals surface area contributed by atoms with Gasteiger partial charge in [0, 0.05) is 12.3 Å². The van der Waals surface area contributed by atoms with Crippen LogP contribution in [-0.4, -0.2) is 46.3 Å². The molecule has 9 heteroatoms. The van der Waals surface area contributed by atoms with Crippen LogP contribution in [0.3, 0.4) is 0 Å². The van der Waals surface area contributed by atoms with E-state index >= 15 is 0 Å². The van der Waals surface area contributed by atoms with Crippen LogP contribution in [0.25, 0.3) is 0 Å².